The number of aliphatic hydroxyl groups is 5. The number of esters is 1. The first-order valence-electron chi connectivity index (χ1n) is 18.2. The van der Waals surface area contributed by atoms with Crippen LogP contribution in [-0.2, 0) is 34.5 Å². The van der Waals surface area contributed by atoms with Crippen molar-refractivity contribution in [3.05, 3.63) is 58.7 Å². The molecule has 4 unspecified atom stereocenters. The zero-order chi connectivity index (χ0) is 35.6. The van der Waals surface area contributed by atoms with Crippen molar-refractivity contribution in [2.24, 2.45) is 23.7 Å². The molecule has 5 heterocycles. The Morgan fingerprint density at radius 2 is 1.62 bits per heavy atom. The van der Waals surface area contributed by atoms with Gasteiger partial charge in [-0.1, -0.05) is 94.8 Å². The molecule has 15 atom stereocenters. The zero-order valence-electron chi connectivity index (χ0n) is 29.0. The van der Waals surface area contributed by atoms with E-state index in [1.807, 2.05) is 13.0 Å². The van der Waals surface area contributed by atoms with Crippen molar-refractivity contribution in [2.45, 2.75) is 137 Å². The molecule has 5 saturated heterocycles. The molecule has 1 aromatic rings. The number of carbonyl (C=O) groups is 1. The summed E-state index contributed by atoms with van der Waals surface area (Å²) in [5.41, 5.74) is -7.47. The second kappa shape index (κ2) is 11.5. The van der Waals surface area contributed by atoms with Gasteiger partial charge in [0.1, 0.15) is 41.2 Å². The molecule has 1 aromatic carbocycles. The molecule has 3 aliphatic carbocycles. The number of epoxide rings is 1. The van der Waals surface area contributed by atoms with Crippen LogP contribution in [0.2, 0.25) is 0 Å². The first kappa shape index (κ1) is 35.1. The quantitative estimate of drug-likeness (QED) is 0.225. The second-order valence-electron chi connectivity index (χ2n) is 16.4. The molecule has 12 heteroatoms. The zero-order valence-corrected chi connectivity index (χ0v) is 29.7. The predicted molar refractivity (Wildman–Crippen MR) is 178 cm³/mol. The SMILES string of the molecule is CC1CCCCCCC(C)C(=O)O[C@H]2/C(=C/Cl)C=C3[C@]2(O)[C@H](O)[C@@]2(CO)O[C@H]2[C@H]2[C@H]4OC5(c6ccccc6)O[C@@H]([C@@H](C)[C@]32O5)[C@]4(O)C(C)(O)C1. The van der Waals surface area contributed by atoms with Gasteiger partial charge in [0.2, 0.25) is 0 Å². The van der Waals surface area contributed by atoms with Gasteiger partial charge in [0.05, 0.1) is 24.0 Å². The van der Waals surface area contributed by atoms with Crippen LogP contribution >= 0.6 is 11.6 Å². The first-order chi connectivity index (χ1) is 23.7. The maximum absolute atomic E-state index is 13.7. The molecule has 0 amide bonds. The highest BCUT2D eigenvalue weighted by Gasteiger charge is 2.90. The third-order valence-corrected chi connectivity index (χ3v) is 13.6. The number of hydrogen-bond acceptors (Lipinski definition) is 11. The first-order valence-corrected chi connectivity index (χ1v) is 18.6. The predicted octanol–water partition coefficient (Wildman–Crippen LogP) is 3.32. The summed E-state index contributed by atoms with van der Waals surface area (Å²) in [6, 6.07) is 8.97. The van der Waals surface area contributed by atoms with E-state index in [1.165, 1.54) is 5.54 Å². The Labute approximate surface area is 297 Å². The van der Waals surface area contributed by atoms with Crippen LogP contribution in [0.3, 0.4) is 0 Å². The Balaban J connectivity index is 1.38. The van der Waals surface area contributed by atoms with Crippen LogP contribution in [0.15, 0.2) is 53.1 Å². The van der Waals surface area contributed by atoms with Crippen molar-refractivity contribution in [1.29, 1.82) is 0 Å². The Bertz CT molecular complexity index is 1600. The minimum absolute atomic E-state index is 0.0234. The maximum atomic E-state index is 13.7. The lowest BCUT2D eigenvalue weighted by atomic mass is 9.50. The molecule has 2 saturated carbocycles. The van der Waals surface area contributed by atoms with Gasteiger partial charge in [0, 0.05) is 28.2 Å². The van der Waals surface area contributed by atoms with Gasteiger partial charge in [0.25, 0.3) is 0 Å². The van der Waals surface area contributed by atoms with Gasteiger partial charge < -0.3 is 49.2 Å². The second-order valence-corrected chi connectivity index (χ2v) is 16.6. The average molecular weight is 717 g/mol. The molecule has 5 N–H and O–H groups in total. The molecule has 50 heavy (non-hydrogen) atoms. The van der Waals surface area contributed by atoms with Crippen molar-refractivity contribution in [3.8, 4) is 0 Å². The highest BCUT2D eigenvalue weighted by molar-refractivity contribution is 6.26. The Hall–Kier alpha value is -1.90. The number of halogens is 1. The summed E-state index contributed by atoms with van der Waals surface area (Å²) in [6.07, 6.45) is 0.0959. The van der Waals surface area contributed by atoms with Crippen molar-refractivity contribution in [1.82, 2.24) is 0 Å². The van der Waals surface area contributed by atoms with Crippen molar-refractivity contribution < 1.29 is 54.0 Å². The Morgan fingerprint density at radius 3 is 2.30 bits per heavy atom. The fraction of sp³-hybridized carbons (Fsp3) is 0.711. The molecule has 1 spiro atoms. The smallest absolute Gasteiger partial charge is 0.313 e. The van der Waals surface area contributed by atoms with E-state index < -0.39 is 94.8 Å². The molecule has 9 rings (SSSR count). The minimum Gasteiger partial charge on any atom is -0.454 e. The highest BCUT2D eigenvalue weighted by atomic mass is 35.5. The topological polar surface area (TPSA) is 168 Å². The van der Waals surface area contributed by atoms with Crippen LogP contribution in [0.5, 0.6) is 0 Å². The van der Waals surface area contributed by atoms with Gasteiger partial charge in [0.15, 0.2) is 11.7 Å². The van der Waals surface area contributed by atoms with Crippen LogP contribution in [0.25, 0.3) is 0 Å². The molecule has 274 valence electrons. The molecule has 8 aliphatic rings. The summed E-state index contributed by atoms with van der Waals surface area (Å²) in [7, 11) is 0. The molecule has 0 aromatic heterocycles. The molecule has 11 nitrogen and oxygen atoms in total. The number of aliphatic hydroxyl groups excluding tert-OH is 2. The number of rotatable bonds is 2. The Morgan fingerprint density at radius 1 is 0.940 bits per heavy atom. The lowest BCUT2D eigenvalue weighted by Gasteiger charge is -2.73. The average Bonchev–Trinajstić information content (AvgIpc) is 3.76. The summed E-state index contributed by atoms with van der Waals surface area (Å²) in [5.74, 6) is -4.75. The van der Waals surface area contributed by atoms with E-state index >= 15 is 0 Å². The molecule has 7 fully saturated rings. The summed E-state index contributed by atoms with van der Waals surface area (Å²) in [5, 5.41) is 62.2. The molecule has 8 bridgehead atoms. The van der Waals surface area contributed by atoms with Gasteiger partial charge in [-0.05, 0) is 31.8 Å². The van der Waals surface area contributed by atoms with Crippen LogP contribution in [0, 0.1) is 23.7 Å². The summed E-state index contributed by atoms with van der Waals surface area (Å²) < 4.78 is 33.1. The molecule has 5 aliphatic heterocycles. The molecule has 0 radical (unpaired) electrons. The fourth-order valence-electron chi connectivity index (χ4n) is 10.7. The van der Waals surface area contributed by atoms with Gasteiger partial charge in [-0.2, -0.15) is 0 Å². The van der Waals surface area contributed by atoms with E-state index in [0.29, 0.717) is 12.0 Å². The van der Waals surface area contributed by atoms with Crippen molar-refractivity contribution in [2.75, 3.05) is 6.61 Å². The van der Waals surface area contributed by atoms with E-state index in [1.54, 1.807) is 44.2 Å². The number of ether oxygens (including phenoxy) is 5. The van der Waals surface area contributed by atoms with E-state index in [0.717, 1.165) is 32.1 Å². The van der Waals surface area contributed by atoms with E-state index in [9.17, 15) is 30.3 Å². The number of hydrogen-bond donors (Lipinski definition) is 5. The summed E-state index contributed by atoms with van der Waals surface area (Å²) in [6.45, 7) is 6.56. The van der Waals surface area contributed by atoms with Crippen LogP contribution in [0.1, 0.15) is 78.2 Å². The third kappa shape index (κ3) is 4.33. The third-order valence-electron chi connectivity index (χ3n) is 13.4. The van der Waals surface area contributed by atoms with Crippen LogP contribution in [-0.4, -0.2) is 96.6 Å². The van der Waals surface area contributed by atoms with Crippen molar-refractivity contribution in [3.63, 3.8) is 0 Å². The minimum atomic E-state index is -2.39. The number of benzene rings is 1. The van der Waals surface area contributed by atoms with E-state index in [2.05, 4.69) is 6.92 Å². The number of fused-ring (bicyclic) bond motifs is 1. The number of carbonyl (C=O) groups excluding carboxylic acids is 1. The van der Waals surface area contributed by atoms with E-state index in [-0.39, 0.29) is 23.5 Å². The van der Waals surface area contributed by atoms with E-state index in [4.69, 9.17) is 35.3 Å². The van der Waals surface area contributed by atoms with Crippen LogP contribution < -0.4 is 0 Å². The standard InChI is InChI=1S/C38H49ClO11/c1-20-12-8-5-6-9-13-21(2)31(41)46-28-23(18-39)16-25-35(28,44)32(42)34(19-40)29(47-34)26-30-37(45,33(4,43)17-20)27-22(3)36(25,26)50-38(48-27,49-30)24-14-10-7-11-15-24/h7,10-11,14-16,18,20-22,26-30,32,40,42-45H,5-6,8-9,12-13,17,19H2,1-4H3/b23-18+/t20?,21?,22-,26+,27+,28+,29+,30-,32-,33?,34+,35-,36+,37-,38?/m1/s1. The fourth-order valence-corrected chi connectivity index (χ4v) is 10.9. The van der Waals surface area contributed by atoms with Gasteiger partial charge in [-0.15, -0.1) is 0 Å². The Kier molecular flexibility index (Phi) is 8.12. The lowest BCUT2D eigenvalue weighted by molar-refractivity contribution is -0.583. The van der Waals surface area contributed by atoms with Gasteiger partial charge >= 0.3 is 11.9 Å². The van der Waals surface area contributed by atoms with Crippen LogP contribution in [0.4, 0.5) is 0 Å². The normalized spacial score (nSPS) is 53.6. The largest absolute Gasteiger partial charge is 0.454 e. The monoisotopic (exact) mass is 716 g/mol. The maximum Gasteiger partial charge on any atom is 0.313 e. The summed E-state index contributed by atoms with van der Waals surface area (Å²) >= 11 is 6.43. The van der Waals surface area contributed by atoms with Gasteiger partial charge in [-0.3, -0.25) is 4.79 Å². The van der Waals surface area contributed by atoms with Gasteiger partial charge in [-0.25, -0.2) is 0 Å². The van der Waals surface area contributed by atoms with Crippen molar-refractivity contribution >= 4 is 17.6 Å². The molecular weight excluding hydrogens is 668 g/mol. The molecular formula is C38H49ClO11. The summed E-state index contributed by atoms with van der Waals surface area (Å²) in [4.78, 5) is 13.7. The highest BCUT2D eigenvalue weighted by Crippen LogP contribution is 2.74. The lowest BCUT2D eigenvalue weighted by Crippen LogP contribution is -2.88.